The summed E-state index contributed by atoms with van der Waals surface area (Å²) in [6.07, 6.45) is -0.819. The van der Waals surface area contributed by atoms with Crippen molar-refractivity contribution in [3.8, 4) is 0 Å². The molecule has 1 aliphatic rings. The Hall–Kier alpha value is -1.65. The Kier molecular flexibility index (Phi) is 4.02. The topological polar surface area (TPSA) is 29.5 Å². The third-order valence-corrected chi connectivity index (χ3v) is 3.39. The van der Waals surface area contributed by atoms with Crippen molar-refractivity contribution in [2.75, 3.05) is 13.1 Å². The summed E-state index contributed by atoms with van der Waals surface area (Å²) < 4.78 is 31.7. The highest BCUT2D eigenvalue weighted by atomic mass is 19.3. The molecule has 0 spiro atoms. The first-order valence-electron chi connectivity index (χ1n) is 6.32. The van der Waals surface area contributed by atoms with Crippen molar-refractivity contribution >= 4 is 6.09 Å². The summed E-state index contributed by atoms with van der Waals surface area (Å²) in [5.74, 6) is -3.51. The molecule has 1 aromatic carbocycles. The Balaban J connectivity index is 1.84. The Morgan fingerprint density at radius 1 is 1.42 bits per heavy atom. The lowest BCUT2D eigenvalue weighted by molar-refractivity contribution is -0.0952. The molecule has 3 nitrogen and oxygen atoms in total. The standard InChI is InChI=1S/C14H17F2NO2/c1-11-9-17(8-7-14(11,15)16)13(18)19-10-12-5-3-2-4-6-12/h2-6,11H,7-10H2,1H3/t11-/m0/s1. The quantitative estimate of drug-likeness (QED) is 0.824. The summed E-state index contributed by atoms with van der Waals surface area (Å²) in [5.41, 5.74) is 0.881. The number of piperidine rings is 1. The van der Waals surface area contributed by atoms with Gasteiger partial charge in [0, 0.05) is 25.4 Å². The molecule has 1 fully saturated rings. The molecular weight excluding hydrogens is 252 g/mol. The van der Waals surface area contributed by atoms with Gasteiger partial charge in [-0.2, -0.15) is 0 Å². The average Bonchev–Trinajstić information content (AvgIpc) is 2.40. The van der Waals surface area contributed by atoms with Gasteiger partial charge < -0.3 is 9.64 Å². The van der Waals surface area contributed by atoms with Crippen LogP contribution in [0.2, 0.25) is 0 Å². The number of benzene rings is 1. The smallest absolute Gasteiger partial charge is 0.410 e. The van der Waals surface area contributed by atoms with E-state index in [0.717, 1.165) is 5.56 Å². The molecule has 19 heavy (non-hydrogen) atoms. The maximum absolute atomic E-state index is 13.3. The van der Waals surface area contributed by atoms with Crippen LogP contribution in [0, 0.1) is 5.92 Å². The molecule has 2 rings (SSSR count). The summed E-state index contributed by atoms with van der Waals surface area (Å²) >= 11 is 0. The normalized spacial score (nSPS) is 22.1. The molecular formula is C14H17F2NO2. The van der Waals surface area contributed by atoms with Crippen molar-refractivity contribution in [1.29, 1.82) is 0 Å². The fourth-order valence-corrected chi connectivity index (χ4v) is 2.06. The van der Waals surface area contributed by atoms with Crippen LogP contribution in [-0.2, 0) is 11.3 Å². The lowest BCUT2D eigenvalue weighted by Gasteiger charge is -2.35. The van der Waals surface area contributed by atoms with Crippen LogP contribution in [0.3, 0.4) is 0 Å². The number of carbonyl (C=O) groups excluding carboxylic acids is 1. The molecule has 0 aromatic heterocycles. The van der Waals surface area contributed by atoms with E-state index in [1.54, 1.807) is 0 Å². The van der Waals surface area contributed by atoms with E-state index in [4.69, 9.17) is 4.74 Å². The van der Waals surface area contributed by atoms with Crippen LogP contribution in [0.5, 0.6) is 0 Å². The molecule has 0 bridgehead atoms. The number of hydrogen-bond acceptors (Lipinski definition) is 2. The number of likely N-dealkylation sites (tertiary alicyclic amines) is 1. The van der Waals surface area contributed by atoms with Gasteiger partial charge in [-0.3, -0.25) is 0 Å². The Morgan fingerprint density at radius 3 is 2.74 bits per heavy atom. The highest BCUT2D eigenvalue weighted by Gasteiger charge is 2.42. The van der Waals surface area contributed by atoms with Gasteiger partial charge in [0.15, 0.2) is 0 Å². The zero-order valence-corrected chi connectivity index (χ0v) is 10.8. The molecule has 1 amide bonds. The number of rotatable bonds is 2. The minimum atomic E-state index is -2.68. The molecule has 5 heteroatoms. The third-order valence-electron chi connectivity index (χ3n) is 3.39. The molecule has 1 atom stereocenters. The first-order chi connectivity index (χ1) is 8.99. The number of hydrogen-bond donors (Lipinski definition) is 0. The van der Waals surface area contributed by atoms with E-state index in [1.807, 2.05) is 30.3 Å². The first-order valence-corrected chi connectivity index (χ1v) is 6.32. The van der Waals surface area contributed by atoms with Crippen LogP contribution < -0.4 is 0 Å². The highest BCUT2D eigenvalue weighted by molar-refractivity contribution is 5.67. The van der Waals surface area contributed by atoms with Gasteiger partial charge in [0.25, 0.3) is 5.92 Å². The molecule has 0 unspecified atom stereocenters. The molecule has 0 N–H and O–H groups in total. The summed E-state index contributed by atoms with van der Waals surface area (Å²) in [5, 5.41) is 0. The van der Waals surface area contributed by atoms with Gasteiger partial charge in [-0.05, 0) is 5.56 Å². The molecule has 0 aliphatic carbocycles. The lowest BCUT2D eigenvalue weighted by atomic mass is 9.96. The highest BCUT2D eigenvalue weighted by Crippen LogP contribution is 2.33. The fourth-order valence-electron chi connectivity index (χ4n) is 2.06. The van der Waals surface area contributed by atoms with Crippen molar-refractivity contribution < 1.29 is 18.3 Å². The lowest BCUT2D eigenvalue weighted by Crippen LogP contribution is -2.48. The molecule has 1 aliphatic heterocycles. The predicted octanol–water partition coefficient (Wildman–Crippen LogP) is 3.30. The van der Waals surface area contributed by atoms with Gasteiger partial charge in [-0.15, -0.1) is 0 Å². The fraction of sp³-hybridized carbons (Fsp3) is 0.500. The Labute approximate surface area is 111 Å². The summed E-state index contributed by atoms with van der Waals surface area (Å²) in [6, 6.07) is 9.28. The molecule has 0 radical (unpaired) electrons. The Morgan fingerprint density at radius 2 is 2.11 bits per heavy atom. The van der Waals surface area contributed by atoms with Crippen molar-refractivity contribution in [3.05, 3.63) is 35.9 Å². The maximum Gasteiger partial charge on any atom is 0.410 e. The molecule has 1 aromatic rings. The average molecular weight is 269 g/mol. The van der Waals surface area contributed by atoms with Gasteiger partial charge in [0.05, 0.1) is 0 Å². The minimum absolute atomic E-state index is 0.0423. The predicted molar refractivity (Wildman–Crippen MR) is 66.9 cm³/mol. The number of carbonyl (C=O) groups is 1. The second-order valence-electron chi connectivity index (χ2n) is 4.90. The maximum atomic E-state index is 13.3. The minimum Gasteiger partial charge on any atom is -0.445 e. The van der Waals surface area contributed by atoms with Crippen molar-refractivity contribution in [2.24, 2.45) is 5.92 Å². The number of ether oxygens (including phenoxy) is 1. The largest absolute Gasteiger partial charge is 0.445 e. The van der Waals surface area contributed by atoms with Gasteiger partial charge in [-0.1, -0.05) is 37.3 Å². The van der Waals surface area contributed by atoms with Gasteiger partial charge in [0.1, 0.15) is 6.61 Å². The van der Waals surface area contributed by atoms with Crippen LogP contribution in [0.25, 0.3) is 0 Å². The van der Waals surface area contributed by atoms with Crippen LogP contribution in [0.1, 0.15) is 18.9 Å². The van der Waals surface area contributed by atoms with Gasteiger partial charge >= 0.3 is 6.09 Å². The third kappa shape index (κ3) is 3.43. The Bertz CT molecular complexity index is 436. The molecule has 1 saturated heterocycles. The van der Waals surface area contributed by atoms with Crippen LogP contribution in [0.15, 0.2) is 30.3 Å². The second-order valence-corrected chi connectivity index (χ2v) is 4.90. The van der Waals surface area contributed by atoms with E-state index >= 15 is 0 Å². The summed E-state index contributed by atoms with van der Waals surface area (Å²) in [6.45, 7) is 1.71. The van der Waals surface area contributed by atoms with Crippen molar-refractivity contribution in [3.63, 3.8) is 0 Å². The van der Waals surface area contributed by atoms with E-state index in [2.05, 4.69) is 0 Å². The van der Waals surface area contributed by atoms with Crippen LogP contribution in [-0.4, -0.2) is 30.0 Å². The zero-order valence-electron chi connectivity index (χ0n) is 10.8. The number of halogens is 2. The van der Waals surface area contributed by atoms with E-state index < -0.39 is 17.9 Å². The molecule has 104 valence electrons. The van der Waals surface area contributed by atoms with Crippen molar-refractivity contribution in [1.82, 2.24) is 4.90 Å². The number of nitrogens with zero attached hydrogens (tertiary/aromatic N) is 1. The van der Waals surface area contributed by atoms with E-state index in [1.165, 1.54) is 11.8 Å². The zero-order chi connectivity index (χ0) is 13.9. The SMILES string of the molecule is C[C@H]1CN(C(=O)OCc2ccccc2)CCC1(F)F. The van der Waals surface area contributed by atoms with E-state index in [0.29, 0.717) is 0 Å². The van der Waals surface area contributed by atoms with Crippen LogP contribution >= 0.6 is 0 Å². The summed E-state index contributed by atoms with van der Waals surface area (Å²) in [7, 11) is 0. The van der Waals surface area contributed by atoms with Crippen LogP contribution in [0.4, 0.5) is 13.6 Å². The molecule has 1 heterocycles. The van der Waals surface area contributed by atoms with E-state index in [-0.39, 0.29) is 26.1 Å². The monoisotopic (exact) mass is 269 g/mol. The second kappa shape index (κ2) is 5.55. The van der Waals surface area contributed by atoms with Crippen molar-refractivity contribution in [2.45, 2.75) is 25.9 Å². The summed E-state index contributed by atoms with van der Waals surface area (Å²) in [4.78, 5) is 13.1. The first kappa shape index (κ1) is 13.8. The molecule has 0 saturated carbocycles. The van der Waals surface area contributed by atoms with Gasteiger partial charge in [-0.25, -0.2) is 13.6 Å². The number of alkyl halides is 2. The van der Waals surface area contributed by atoms with E-state index in [9.17, 15) is 13.6 Å². The van der Waals surface area contributed by atoms with Gasteiger partial charge in [0.2, 0.25) is 0 Å². The number of amides is 1.